The summed E-state index contributed by atoms with van der Waals surface area (Å²) in [5, 5.41) is 5.41. The highest BCUT2D eigenvalue weighted by Crippen LogP contribution is 2.39. The largest absolute Gasteiger partial charge is 0.341 e. The molecule has 0 heterocycles. The lowest BCUT2D eigenvalue weighted by Gasteiger charge is -2.38. The van der Waals surface area contributed by atoms with Crippen molar-refractivity contribution in [2.45, 2.75) is 70.3 Å². The van der Waals surface area contributed by atoms with Crippen molar-refractivity contribution in [3.05, 3.63) is 161 Å². The first-order valence-electron chi connectivity index (χ1n) is 17.5. The lowest BCUT2D eigenvalue weighted by molar-refractivity contribution is 0.382. The minimum absolute atomic E-state index is 0.349. The Morgan fingerprint density at radius 1 is 0.652 bits per heavy atom. The van der Waals surface area contributed by atoms with Crippen LogP contribution in [0.3, 0.4) is 0 Å². The summed E-state index contributed by atoms with van der Waals surface area (Å²) in [6, 6.07) is 24.9. The number of hydrogen-bond donors (Lipinski definition) is 0. The number of allylic oxidation sites excluding steroid dienone is 11. The second-order valence-corrected chi connectivity index (χ2v) is 13.2. The maximum atomic E-state index is 2.69. The molecule has 0 saturated carbocycles. The molecule has 3 aromatic carbocycles. The van der Waals surface area contributed by atoms with Crippen LogP contribution < -0.4 is 15.3 Å². The molecule has 0 bridgehead atoms. The van der Waals surface area contributed by atoms with Crippen molar-refractivity contribution >= 4 is 28.2 Å². The summed E-state index contributed by atoms with van der Waals surface area (Å²) in [6.07, 6.45) is 37.9. The predicted molar refractivity (Wildman–Crippen MR) is 195 cm³/mol. The van der Waals surface area contributed by atoms with E-state index in [0.29, 0.717) is 12.0 Å². The molecule has 0 fully saturated rings. The van der Waals surface area contributed by atoms with E-state index < -0.39 is 0 Å². The third-order valence-corrected chi connectivity index (χ3v) is 10.4. The van der Waals surface area contributed by atoms with Gasteiger partial charge in [0.2, 0.25) is 0 Å². The van der Waals surface area contributed by atoms with Gasteiger partial charge in [-0.2, -0.15) is 0 Å². The standard InChI is InChI=1S/C44H44N2/c1-3-17-37(18-4-1)45(43-23-11-15-35-13-7-9-21-41(35)43)39-29-25-33(26-30-39)34-27-31-40(32-28-34)46(38-19-5-2-6-20-38)44-24-12-16-36-14-8-10-22-42(36)44/h1,3,7-10,12-17,19,21-22,24-27,29,31-32,34,39H,2,4-6,11,18,20,23,28,30H2. The van der Waals surface area contributed by atoms with Crippen LogP contribution in [-0.2, 0) is 0 Å². The van der Waals surface area contributed by atoms with Gasteiger partial charge in [-0.15, -0.1) is 0 Å². The first kappa shape index (κ1) is 28.9. The van der Waals surface area contributed by atoms with Crippen molar-refractivity contribution in [1.82, 2.24) is 4.90 Å². The van der Waals surface area contributed by atoms with Gasteiger partial charge < -0.3 is 9.80 Å². The van der Waals surface area contributed by atoms with Crippen LogP contribution in [0, 0.1) is 5.92 Å². The van der Waals surface area contributed by atoms with Crippen LogP contribution >= 0.6 is 0 Å². The molecule has 0 saturated heterocycles. The summed E-state index contributed by atoms with van der Waals surface area (Å²) in [4.78, 5) is 5.24. The maximum Gasteiger partial charge on any atom is 0.0554 e. The van der Waals surface area contributed by atoms with Crippen LogP contribution in [0.15, 0.2) is 150 Å². The van der Waals surface area contributed by atoms with Gasteiger partial charge in [-0.3, -0.25) is 0 Å². The first-order chi connectivity index (χ1) is 22.8. The molecule has 3 aromatic rings. The molecule has 2 unspecified atom stereocenters. The second-order valence-electron chi connectivity index (χ2n) is 13.2. The summed E-state index contributed by atoms with van der Waals surface area (Å²) in [5.74, 6) is 0.415. The average Bonchev–Trinajstić information content (AvgIpc) is 3.14. The summed E-state index contributed by atoms with van der Waals surface area (Å²) in [5.41, 5.74) is 8.45. The van der Waals surface area contributed by atoms with Crippen LogP contribution in [0.1, 0.15) is 64.2 Å². The second kappa shape index (κ2) is 13.0. The molecule has 2 atom stereocenters. The molecule has 230 valence electrons. The van der Waals surface area contributed by atoms with E-state index in [0.717, 1.165) is 44.9 Å². The Hall–Kier alpha value is -4.56. The van der Waals surface area contributed by atoms with E-state index in [4.69, 9.17) is 0 Å². The van der Waals surface area contributed by atoms with E-state index in [1.54, 1.807) is 0 Å². The van der Waals surface area contributed by atoms with Gasteiger partial charge in [-0.1, -0.05) is 115 Å². The van der Waals surface area contributed by atoms with Crippen LogP contribution in [0.5, 0.6) is 0 Å². The van der Waals surface area contributed by atoms with Crippen molar-refractivity contribution in [1.29, 1.82) is 0 Å². The van der Waals surface area contributed by atoms with E-state index in [-0.39, 0.29) is 0 Å². The van der Waals surface area contributed by atoms with E-state index in [1.807, 2.05) is 0 Å². The molecule has 2 nitrogen and oxygen atoms in total. The third kappa shape index (κ3) is 5.66. The van der Waals surface area contributed by atoms with E-state index in [9.17, 15) is 0 Å². The fraction of sp³-hybridized carbons (Fsp3) is 0.273. The summed E-state index contributed by atoms with van der Waals surface area (Å²) >= 11 is 0. The lowest BCUT2D eigenvalue weighted by Crippen LogP contribution is -2.41. The fourth-order valence-electron chi connectivity index (χ4n) is 8.07. The summed E-state index contributed by atoms with van der Waals surface area (Å²) in [7, 11) is 0. The highest BCUT2D eigenvalue weighted by atomic mass is 15.2. The molecule has 0 aliphatic heterocycles. The van der Waals surface area contributed by atoms with Gasteiger partial charge in [-0.25, -0.2) is 0 Å². The Bertz CT molecular complexity index is 1970. The molecular formula is C44H44N2. The smallest absolute Gasteiger partial charge is 0.0554 e. The predicted octanol–water partition coefficient (Wildman–Crippen LogP) is 9.74. The molecule has 0 N–H and O–H groups in total. The maximum absolute atomic E-state index is 2.69. The number of rotatable bonds is 7. The highest BCUT2D eigenvalue weighted by molar-refractivity contribution is 5.96. The highest BCUT2D eigenvalue weighted by Gasteiger charge is 2.27. The topological polar surface area (TPSA) is 6.48 Å². The molecule has 0 spiro atoms. The minimum Gasteiger partial charge on any atom is -0.341 e. The molecule has 46 heavy (non-hydrogen) atoms. The van der Waals surface area contributed by atoms with Gasteiger partial charge in [0.05, 0.1) is 11.7 Å². The van der Waals surface area contributed by atoms with Crippen molar-refractivity contribution in [2.24, 2.45) is 5.92 Å². The van der Waals surface area contributed by atoms with Crippen LogP contribution in [-0.4, -0.2) is 10.9 Å². The number of anilines is 1. The molecule has 5 aliphatic carbocycles. The molecule has 0 amide bonds. The van der Waals surface area contributed by atoms with Gasteiger partial charge in [0.25, 0.3) is 0 Å². The van der Waals surface area contributed by atoms with E-state index in [1.165, 1.54) is 74.5 Å². The Labute approximate surface area is 274 Å². The van der Waals surface area contributed by atoms with Gasteiger partial charge in [0, 0.05) is 39.3 Å². The Morgan fingerprint density at radius 2 is 1.57 bits per heavy atom. The van der Waals surface area contributed by atoms with E-state index >= 15 is 0 Å². The van der Waals surface area contributed by atoms with Gasteiger partial charge in [0.1, 0.15) is 0 Å². The zero-order chi connectivity index (χ0) is 30.7. The monoisotopic (exact) mass is 600 g/mol. The van der Waals surface area contributed by atoms with Crippen molar-refractivity contribution in [3.63, 3.8) is 0 Å². The van der Waals surface area contributed by atoms with Crippen molar-refractivity contribution in [3.8, 4) is 0 Å². The lowest BCUT2D eigenvalue weighted by atomic mass is 9.86. The zero-order valence-electron chi connectivity index (χ0n) is 26.8. The SMILES string of the molecule is C1=CCCC(N(C2=c3ccccc3=CCC2)C2C=CC(C3C=CC(N(C4=CCCCC4)c4cccc5ccccc45)=CC3)=CC2)=C1. The molecule has 2 heteroatoms. The van der Waals surface area contributed by atoms with Crippen LogP contribution in [0.25, 0.3) is 22.5 Å². The molecule has 0 aromatic heterocycles. The van der Waals surface area contributed by atoms with Crippen LogP contribution in [0.4, 0.5) is 5.69 Å². The number of benzene rings is 3. The van der Waals surface area contributed by atoms with Gasteiger partial charge >= 0.3 is 0 Å². The quantitative estimate of drug-likeness (QED) is 0.266. The van der Waals surface area contributed by atoms with Gasteiger partial charge in [0.15, 0.2) is 0 Å². The number of nitrogens with zero attached hydrogens (tertiary/aromatic N) is 2. The molecule has 0 radical (unpaired) electrons. The summed E-state index contributed by atoms with van der Waals surface area (Å²) < 4.78 is 0. The Balaban J connectivity index is 1.06. The number of fused-ring (bicyclic) bond motifs is 2. The average molecular weight is 601 g/mol. The third-order valence-electron chi connectivity index (χ3n) is 10.4. The molecular weight excluding hydrogens is 556 g/mol. The Kier molecular flexibility index (Phi) is 8.19. The fourth-order valence-corrected chi connectivity index (χ4v) is 8.07. The van der Waals surface area contributed by atoms with Crippen molar-refractivity contribution in [2.75, 3.05) is 4.90 Å². The normalized spacial score (nSPS) is 22.3. The van der Waals surface area contributed by atoms with Gasteiger partial charge in [-0.05, 0) is 98.6 Å². The minimum atomic E-state index is 0.349. The first-order valence-corrected chi connectivity index (χ1v) is 17.5. The zero-order valence-corrected chi connectivity index (χ0v) is 26.8. The van der Waals surface area contributed by atoms with Crippen LogP contribution in [0.2, 0.25) is 0 Å². The van der Waals surface area contributed by atoms with Crippen molar-refractivity contribution < 1.29 is 0 Å². The Morgan fingerprint density at radius 3 is 2.39 bits per heavy atom. The summed E-state index contributed by atoms with van der Waals surface area (Å²) in [6.45, 7) is 0. The molecule has 8 rings (SSSR count). The van der Waals surface area contributed by atoms with E-state index in [2.05, 4.69) is 143 Å². The number of hydrogen-bond acceptors (Lipinski definition) is 2. The molecule has 5 aliphatic rings.